The fourth-order valence-electron chi connectivity index (χ4n) is 4.09. The largest absolute Gasteiger partial charge is 0.368 e. The molecule has 0 aliphatic carbocycles. The maximum absolute atomic E-state index is 13.8. The van der Waals surface area contributed by atoms with Crippen LogP contribution in [0, 0.1) is 5.82 Å². The summed E-state index contributed by atoms with van der Waals surface area (Å²) in [6.07, 6.45) is 1.55. The zero-order valence-corrected chi connectivity index (χ0v) is 19.1. The van der Waals surface area contributed by atoms with Crippen molar-refractivity contribution in [2.75, 3.05) is 0 Å². The number of amides is 2. The van der Waals surface area contributed by atoms with Gasteiger partial charge in [-0.25, -0.2) is 14.1 Å². The van der Waals surface area contributed by atoms with Crippen molar-refractivity contribution in [2.24, 2.45) is 5.73 Å². The number of primary amides is 1. The number of hydrogen-bond donors (Lipinski definition) is 2. The summed E-state index contributed by atoms with van der Waals surface area (Å²) in [5, 5.41) is 7.69. The van der Waals surface area contributed by atoms with Crippen LogP contribution in [0.25, 0.3) is 22.3 Å². The van der Waals surface area contributed by atoms with E-state index in [1.54, 1.807) is 53.3 Å². The van der Waals surface area contributed by atoms with Gasteiger partial charge in [0, 0.05) is 5.56 Å². The van der Waals surface area contributed by atoms with Gasteiger partial charge in [-0.1, -0.05) is 72.8 Å². The number of carbonyl (C=O) groups excluding carboxylic acids is 2. The maximum Gasteiger partial charge on any atom is 0.253 e. The van der Waals surface area contributed by atoms with Gasteiger partial charge in [-0.3, -0.25) is 9.59 Å². The third-order valence-corrected chi connectivity index (χ3v) is 5.84. The Bertz CT molecular complexity index is 1550. The molecule has 36 heavy (non-hydrogen) atoms. The van der Waals surface area contributed by atoms with Crippen molar-refractivity contribution < 1.29 is 14.0 Å². The molecule has 2 aromatic heterocycles. The summed E-state index contributed by atoms with van der Waals surface area (Å²) in [6, 6.07) is 25.1. The predicted molar refractivity (Wildman–Crippen MR) is 134 cm³/mol. The summed E-state index contributed by atoms with van der Waals surface area (Å²) in [5.74, 6) is -1.51. The Morgan fingerprint density at radius 2 is 1.67 bits per heavy atom. The van der Waals surface area contributed by atoms with Crippen molar-refractivity contribution in [2.45, 2.75) is 12.6 Å². The van der Waals surface area contributed by atoms with E-state index in [1.165, 1.54) is 12.1 Å². The number of fused-ring (bicyclic) bond motifs is 1. The molecule has 178 valence electrons. The van der Waals surface area contributed by atoms with Crippen molar-refractivity contribution in [3.8, 4) is 11.3 Å². The summed E-state index contributed by atoms with van der Waals surface area (Å²) < 4.78 is 15.4. The Kier molecular flexibility index (Phi) is 6.23. The van der Waals surface area contributed by atoms with Crippen LogP contribution in [0.3, 0.4) is 0 Å². The SMILES string of the molecule is NC(=O)C(NC(=O)c1cc(-c2ccccc2)nc2c1cnn2Cc1cccc(F)c1)c1ccccc1. The first-order chi connectivity index (χ1) is 17.5. The molecule has 0 spiro atoms. The predicted octanol–water partition coefficient (Wildman–Crippen LogP) is 4.24. The van der Waals surface area contributed by atoms with Gasteiger partial charge in [0.15, 0.2) is 5.65 Å². The number of pyridine rings is 1. The first-order valence-corrected chi connectivity index (χ1v) is 11.3. The van der Waals surface area contributed by atoms with Gasteiger partial charge >= 0.3 is 0 Å². The molecule has 3 N–H and O–H groups in total. The van der Waals surface area contributed by atoms with Crippen LogP contribution < -0.4 is 11.1 Å². The highest BCUT2D eigenvalue weighted by molar-refractivity contribution is 6.07. The van der Waals surface area contributed by atoms with E-state index < -0.39 is 17.9 Å². The number of hydrogen-bond acceptors (Lipinski definition) is 4. The molecule has 0 saturated carbocycles. The topological polar surface area (TPSA) is 103 Å². The van der Waals surface area contributed by atoms with Crippen LogP contribution in [0.5, 0.6) is 0 Å². The summed E-state index contributed by atoms with van der Waals surface area (Å²) in [6.45, 7) is 0.265. The number of carbonyl (C=O) groups is 2. The second-order valence-corrected chi connectivity index (χ2v) is 8.31. The molecule has 2 heterocycles. The molecule has 0 radical (unpaired) electrons. The standard InChI is InChI=1S/C28H22FN5O2/c29-21-13-7-8-18(14-21)17-34-27-23(16-31-34)22(15-24(32-27)19-9-3-1-4-10-19)28(36)33-25(26(30)35)20-11-5-2-6-12-20/h1-16,25H,17H2,(H2,30,35)(H,33,36). The van der Waals surface area contributed by atoms with Crippen molar-refractivity contribution in [3.63, 3.8) is 0 Å². The second kappa shape index (κ2) is 9.79. The van der Waals surface area contributed by atoms with E-state index in [1.807, 2.05) is 36.4 Å². The number of aromatic nitrogens is 3. The van der Waals surface area contributed by atoms with Crippen LogP contribution in [0.2, 0.25) is 0 Å². The molecule has 1 atom stereocenters. The van der Waals surface area contributed by atoms with Gasteiger partial charge < -0.3 is 11.1 Å². The Hall–Kier alpha value is -4.85. The van der Waals surface area contributed by atoms with Gasteiger partial charge in [-0.05, 0) is 29.3 Å². The molecule has 8 heteroatoms. The normalized spacial score (nSPS) is 11.8. The molecule has 0 bridgehead atoms. The number of rotatable bonds is 7. The van der Waals surface area contributed by atoms with Crippen LogP contribution in [-0.2, 0) is 11.3 Å². The minimum atomic E-state index is -1.01. The Balaban J connectivity index is 1.59. The third kappa shape index (κ3) is 4.69. The molecule has 0 aliphatic rings. The Morgan fingerprint density at radius 3 is 2.36 bits per heavy atom. The number of nitrogens with two attached hydrogens (primary N) is 1. The van der Waals surface area contributed by atoms with Crippen LogP contribution in [0.15, 0.2) is 97.2 Å². The molecule has 7 nitrogen and oxygen atoms in total. The Morgan fingerprint density at radius 1 is 0.944 bits per heavy atom. The fourth-order valence-corrected chi connectivity index (χ4v) is 4.09. The third-order valence-electron chi connectivity index (χ3n) is 5.84. The molecule has 0 saturated heterocycles. The fraction of sp³-hybridized carbons (Fsp3) is 0.0714. The smallest absolute Gasteiger partial charge is 0.253 e. The average molecular weight is 480 g/mol. The van der Waals surface area contributed by atoms with Gasteiger partial charge in [0.1, 0.15) is 11.9 Å². The van der Waals surface area contributed by atoms with E-state index in [2.05, 4.69) is 10.4 Å². The number of nitrogens with one attached hydrogen (secondary N) is 1. The minimum Gasteiger partial charge on any atom is -0.368 e. The molecular weight excluding hydrogens is 457 g/mol. The molecule has 2 amide bonds. The van der Waals surface area contributed by atoms with E-state index in [9.17, 15) is 14.0 Å². The van der Waals surface area contributed by atoms with E-state index in [0.29, 0.717) is 33.4 Å². The van der Waals surface area contributed by atoms with E-state index >= 15 is 0 Å². The molecular formula is C28H22FN5O2. The summed E-state index contributed by atoms with van der Waals surface area (Å²) >= 11 is 0. The van der Waals surface area contributed by atoms with Crippen LogP contribution >= 0.6 is 0 Å². The molecule has 0 fully saturated rings. The van der Waals surface area contributed by atoms with Crippen molar-refractivity contribution in [1.82, 2.24) is 20.1 Å². The lowest BCUT2D eigenvalue weighted by molar-refractivity contribution is -0.120. The van der Waals surface area contributed by atoms with Crippen LogP contribution in [0.1, 0.15) is 27.5 Å². The second-order valence-electron chi connectivity index (χ2n) is 8.31. The number of benzene rings is 3. The van der Waals surface area contributed by atoms with Gasteiger partial charge in [0.25, 0.3) is 5.91 Å². The van der Waals surface area contributed by atoms with E-state index in [0.717, 1.165) is 5.56 Å². The van der Waals surface area contributed by atoms with E-state index in [4.69, 9.17) is 10.7 Å². The lowest BCUT2D eigenvalue weighted by atomic mass is 10.0. The van der Waals surface area contributed by atoms with Crippen LogP contribution in [-0.4, -0.2) is 26.6 Å². The lowest BCUT2D eigenvalue weighted by Crippen LogP contribution is -2.37. The quantitative estimate of drug-likeness (QED) is 0.364. The monoisotopic (exact) mass is 479 g/mol. The van der Waals surface area contributed by atoms with Gasteiger partial charge in [0.2, 0.25) is 5.91 Å². The zero-order chi connectivity index (χ0) is 25.1. The van der Waals surface area contributed by atoms with E-state index in [-0.39, 0.29) is 12.4 Å². The Labute approximate surface area is 206 Å². The average Bonchev–Trinajstić information content (AvgIpc) is 3.30. The zero-order valence-electron chi connectivity index (χ0n) is 19.1. The minimum absolute atomic E-state index is 0.265. The van der Waals surface area contributed by atoms with Gasteiger partial charge in [-0.15, -0.1) is 0 Å². The lowest BCUT2D eigenvalue weighted by Gasteiger charge is -2.17. The molecule has 5 aromatic rings. The summed E-state index contributed by atoms with van der Waals surface area (Å²) in [4.78, 5) is 30.5. The highest BCUT2D eigenvalue weighted by Gasteiger charge is 2.24. The molecule has 0 aliphatic heterocycles. The van der Waals surface area contributed by atoms with Crippen molar-refractivity contribution >= 4 is 22.8 Å². The summed E-state index contributed by atoms with van der Waals surface area (Å²) in [5.41, 5.74) is 9.02. The van der Waals surface area contributed by atoms with Gasteiger partial charge in [0.05, 0.1) is 29.4 Å². The van der Waals surface area contributed by atoms with Crippen molar-refractivity contribution in [1.29, 1.82) is 0 Å². The van der Waals surface area contributed by atoms with Gasteiger partial charge in [-0.2, -0.15) is 5.10 Å². The molecule has 3 aromatic carbocycles. The van der Waals surface area contributed by atoms with Crippen LogP contribution in [0.4, 0.5) is 4.39 Å². The maximum atomic E-state index is 13.8. The summed E-state index contributed by atoms with van der Waals surface area (Å²) in [7, 11) is 0. The number of nitrogens with zero attached hydrogens (tertiary/aromatic N) is 3. The first-order valence-electron chi connectivity index (χ1n) is 11.3. The molecule has 5 rings (SSSR count). The molecule has 1 unspecified atom stereocenters. The highest BCUT2D eigenvalue weighted by Crippen LogP contribution is 2.26. The highest BCUT2D eigenvalue weighted by atomic mass is 19.1. The first kappa shape index (κ1) is 22.9. The number of halogens is 1. The van der Waals surface area contributed by atoms with Crippen molar-refractivity contribution in [3.05, 3.63) is 120 Å².